The molecular weight excluding hydrogens is 336 g/mol. The Labute approximate surface area is 158 Å². The zero-order valence-electron chi connectivity index (χ0n) is 15.6. The summed E-state index contributed by atoms with van der Waals surface area (Å²) < 4.78 is 5.97. The van der Waals surface area contributed by atoms with Crippen molar-refractivity contribution in [2.45, 2.75) is 0 Å². The Morgan fingerprint density at radius 1 is 1.19 bits per heavy atom. The maximum absolute atomic E-state index is 12.3. The molecule has 0 aliphatic carbocycles. The topological polar surface area (TPSA) is 45.8 Å². The number of nitrogens with zero attached hydrogens (tertiary/aromatic N) is 2. The Kier molecular flexibility index (Phi) is 5.67. The van der Waals surface area contributed by atoms with E-state index >= 15 is 0 Å². The molecule has 3 aromatic rings. The normalized spacial score (nSPS) is 11.9. The van der Waals surface area contributed by atoms with Crippen LogP contribution in [0.2, 0.25) is 0 Å². The molecule has 4 nitrogen and oxygen atoms in total. The Bertz CT molecular complexity index is 1060. The average molecular weight is 358 g/mol. The van der Waals surface area contributed by atoms with Gasteiger partial charge in [-0.2, -0.15) is 0 Å². The summed E-state index contributed by atoms with van der Waals surface area (Å²) in [6.45, 7) is 4.52. The van der Waals surface area contributed by atoms with Gasteiger partial charge in [0, 0.05) is 48.9 Å². The summed E-state index contributed by atoms with van der Waals surface area (Å²) in [6, 6.07) is 17.2. The predicted octanol–water partition coefficient (Wildman–Crippen LogP) is 4.48. The number of carbonyl (C=O) groups is 1. The second-order valence-electron chi connectivity index (χ2n) is 6.19. The molecule has 0 spiro atoms. The smallest absolute Gasteiger partial charge is 0.221 e. The van der Waals surface area contributed by atoms with Crippen LogP contribution in [-0.4, -0.2) is 26.4 Å². The van der Waals surface area contributed by atoms with Crippen molar-refractivity contribution < 1.29 is 9.21 Å². The van der Waals surface area contributed by atoms with E-state index in [1.165, 1.54) is 0 Å². The van der Waals surface area contributed by atoms with E-state index in [1.54, 1.807) is 31.3 Å². The zero-order valence-corrected chi connectivity index (χ0v) is 15.6. The predicted molar refractivity (Wildman–Crippen MR) is 111 cm³/mol. The van der Waals surface area contributed by atoms with Crippen LogP contribution in [0.3, 0.4) is 0 Å². The standard InChI is InChI=1S/C23H22N2O2/c1-4-14-25(3)20-12-10-18-15-19(23(24-2)27-22(18)16-20)11-13-21(26)17-8-6-5-7-9-17/h4-13,15-16H,1,14H2,2-3H3/b13-11+,24-23-. The minimum Gasteiger partial charge on any atom is -0.438 e. The van der Waals surface area contributed by atoms with Crippen LogP contribution in [0, 0.1) is 0 Å². The third-order valence-electron chi connectivity index (χ3n) is 4.28. The van der Waals surface area contributed by atoms with E-state index in [2.05, 4.69) is 16.5 Å². The summed E-state index contributed by atoms with van der Waals surface area (Å²) in [4.78, 5) is 18.6. The van der Waals surface area contributed by atoms with Gasteiger partial charge < -0.3 is 9.32 Å². The van der Waals surface area contributed by atoms with Crippen LogP contribution in [0.4, 0.5) is 5.69 Å². The van der Waals surface area contributed by atoms with Crippen LogP contribution >= 0.6 is 0 Å². The number of hydrogen-bond donors (Lipinski definition) is 0. The molecule has 27 heavy (non-hydrogen) atoms. The van der Waals surface area contributed by atoms with Crippen molar-refractivity contribution in [3.8, 4) is 0 Å². The summed E-state index contributed by atoms with van der Waals surface area (Å²) in [6.07, 6.45) is 5.15. The molecule has 0 atom stereocenters. The number of ketones is 1. The quantitative estimate of drug-likeness (QED) is 0.371. The molecule has 0 unspecified atom stereocenters. The molecule has 2 aromatic carbocycles. The fourth-order valence-corrected chi connectivity index (χ4v) is 2.82. The molecule has 1 aromatic heterocycles. The van der Waals surface area contributed by atoms with E-state index in [9.17, 15) is 4.79 Å². The van der Waals surface area contributed by atoms with Crippen molar-refractivity contribution >= 4 is 28.5 Å². The van der Waals surface area contributed by atoms with E-state index < -0.39 is 0 Å². The van der Waals surface area contributed by atoms with Gasteiger partial charge in [0.2, 0.25) is 5.55 Å². The van der Waals surface area contributed by atoms with Crippen molar-refractivity contribution in [2.24, 2.45) is 4.99 Å². The van der Waals surface area contributed by atoms with Crippen LogP contribution in [0.25, 0.3) is 17.0 Å². The van der Waals surface area contributed by atoms with Gasteiger partial charge in [-0.05, 0) is 30.4 Å². The minimum atomic E-state index is -0.0563. The number of fused-ring (bicyclic) bond motifs is 1. The molecule has 0 aliphatic rings. The second-order valence-corrected chi connectivity index (χ2v) is 6.19. The van der Waals surface area contributed by atoms with Crippen molar-refractivity contribution in [3.63, 3.8) is 0 Å². The lowest BCUT2D eigenvalue weighted by Crippen LogP contribution is -2.16. The van der Waals surface area contributed by atoms with Crippen molar-refractivity contribution in [1.29, 1.82) is 0 Å². The number of allylic oxidation sites excluding steroid dienone is 1. The van der Waals surface area contributed by atoms with Gasteiger partial charge in [0.15, 0.2) is 5.78 Å². The van der Waals surface area contributed by atoms with E-state index in [0.29, 0.717) is 11.1 Å². The molecule has 0 bridgehead atoms. The number of carbonyl (C=O) groups excluding carboxylic acids is 1. The molecule has 0 amide bonds. The number of anilines is 1. The largest absolute Gasteiger partial charge is 0.438 e. The van der Waals surface area contributed by atoms with Crippen molar-refractivity contribution in [3.05, 3.63) is 90.0 Å². The van der Waals surface area contributed by atoms with E-state index in [0.717, 1.165) is 28.8 Å². The Hall–Kier alpha value is -3.40. The number of hydrogen-bond acceptors (Lipinski definition) is 4. The molecule has 0 radical (unpaired) electrons. The van der Waals surface area contributed by atoms with Crippen LogP contribution in [0.1, 0.15) is 15.9 Å². The molecule has 3 rings (SSSR count). The highest BCUT2D eigenvalue weighted by Crippen LogP contribution is 2.21. The highest BCUT2D eigenvalue weighted by atomic mass is 16.3. The molecule has 0 aliphatic heterocycles. The number of likely N-dealkylation sites (N-methyl/N-ethyl adjacent to an activating group) is 1. The lowest BCUT2D eigenvalue weighted by atomic mass is 10.1. The van der Waals surface area contributed by atoms with Gasteiger partial charge in [0.1, 0.15) is 5.58 Å². The molecule has 4 heteroatoms. The number of benzene rings is 2. The van der Waals surface area contributed by atoms with Crippen molar-refractivity contribution in [1.82, 2.24) is 0 Å². The van der Waals surface area contributed by atoms with E-state index in [-0.39, 0.29) is 5.78 Å². The molecule has 0 fully saturated rings. The van der Waals surface area contributed by atoms with Gasteiger partial charge in [-0.15, -0.1) is 6.58 Å². The maximum Gasteiger partial charge on any atom is 0.221 e. The summed E-state index contributed by atoms with van der Waals surface area (Å²) in [5, 5.41) is 0.949. The first kappa shape index (κ1) is 18.4. The first-order valence-corrected chi connectivity index (χ1v) is 8.72. The summed E-state index contributed by atoms with van der Waals surface area (Å²) in [5.74, 6) is -0.0563. The third-order valence-corrected chi connectivity index (χ3v) is 4.28. The first-order valence-electron chi connectivity index (χ1n) is 8.72. The van der Waals surface area contributed by atoms with Gasteiger partial charge in [-0.3, -0.25) is 9.79 Å². The van der Waals surface area contributed by atoms with Crippen molar-refractivity contribution in [2.75, 3.05) is 25.5 Å². The fourth-order valence-electron chi connectivity index (χ4n) is 2.82. The van der Waals surface area contributed by atoms with Crippen LogP contribution < -0.4 is 10.5 Å². The Morgan fingerprint density at radius 2 is 1.96 bits per heavy atom. The molecule has 0 N–H and O–H groups in total. The van der Waals surface area contributed by atoms with Crippen LogP contribution in [0.15, 0.2) is 82.7 Å². The Balaban J connectivity index is 1.96. The lowest BCUT2D eigenvalue weighted by molar-refractivity contribution is 0.104. The van der Waals surface area contributed by atoms with E-state index in [1.807, 2.05) is 55.6 Å². The highest BCUT2D eigenvalue weighted by molar-refractivity contribution is 6.06. The number of rotatable bonds is 6. The summed E-state index contributed by atoms with van der Waals surface area (Å²) >= 11 is 0. The van der Waals surface area contributed by atoms with Gasteiger partial charge >= 0.3 is 0 Å². The fraction of sp³-hybridized carbons (Fsp3) is 0.130. The highest BCUT2D eigenvalue weighted by Gasteiger charge is 2.06. The zero-order chi connectivity index (χ0) is 19.2. The maximum atomic E-state index is 12.3. The second kappa shape index (κ2) is 8.32. The van der Waals surface area contributed by atoms with Crippen LogP contribution in [0.5, 0.6) is 0 Å². The molecule has 136 valence electrons. The monoisotopic (exact) mass is 358 g/mol. The van der Waals surface area contributed by atoms with Crippen LogP contribution in [-0.2, 0) is 0 Å². The molecule has 1 heterocycles. The SMILES string of the molecule is C=CCN(C)c1ccc2cc(/C=C/C(=O)c3ccccc3)/c(=N/C)oc2c1. The third kappa shape index (κ3) is 4.23. The Morgan fingerprint density at radius 3 is 2.67 bits per heavy atom. The van der Waals surface area contributed by atoms with Gasteiger partial charge in [-0.25, -0.2) is 0 Å². The van der Waals surface area contributed by atoms with Gasteiger partial charge in [0.25, 0.3) is 0 Å². The minimum absolute atomic E-state index is 0.0563. The summed E-state index contributed by atoms with van der Waals surface area (Å²) in [7, 11) is 3.68. The average Bonchev–Trinajstić information content (AvgIpc) is 2.71. The lowest BCUT2D eigenvalue weighted by Gasteiger charge is -2.17. The summed E-state index contributed by atoms with van der Waals surface area (Å²) in [5.41, 5.74) is 3.69. The van der Waals surface area contributed by atoms with E-state index in [4.69, 9.17) is 4.42 Å². The first-order chi connectivity index (χ1) is 13.1. The molecule has 0 saturated heterocycles. The molecule has 0 saturated carbocycles. The molecular formula is C23H22N2O2. The van der Waals surface area contributed by atoms with Gasteiger partial charge in [-0.1, -0.05) is 36.4 Å². The van der Waals surface area contributed by atoms with Gasteiger partial charge in [0.05, 0.1) is 0 Å².